The van der Waals surface area contributed by atoms with Gasteiger partial charge in [-0.1, -0.05) is 19.1 Å². The van der Waals surface area contributed by atoms with Crippen LogP contribution >= 0.6 is 0 Å². The SMILES string of the molecule is CCC(c1ccc(O)cc1)n1cccn1. The molecule has 0 amide bonds. The summed E-state index contributed by atoms with van der Waals surface area (Å²) in [5.41, 5.74) is 1.17. The largest absolute Gasteiger partial charge is 0.508 e. The molecular weight excluding hydrogens is 188 g/mol. The van der Waals surface area contributed by atoms with Crippen LogP contribution in [0.1, 0.15) is 24.9 Å². The molecule has 3 nitrogen and oxygen atoms in total. The molecule has 1 atom stereocenters. The number of rotatable bonds is 3. The molecule has 0 aliphatic carbocycles. The normalized spacial score (nSPS) is 12.6. The van der Waals surface area contributed by atoms with Crippen LogP contribution < -0.4 is 0 Å². The molecule has 0 fully saturated rings. The van der Waals surface area contributed by atoms with Gasteiger partial charge in [0.2, 0.25) is 0 Å². The van der Waals surface area contributed by atoms with Crippen molar-refractivity contribution in [2.45, 2.75) is 19.4 Å². The number of nitrogens with zero attached hydrogens (tertiary/aromatic N) is 2. The molecule has 0 aliphatic heterocycles. The van der Waals surface area contributed by atoms with Crippen LogP contribution in [0.4, 0.5) is 0 Å². The number of aromatic nitrogens is 2. The van der Waals surface area contributed by atoms with Gasteiger partial charge < -0.3 is 5.11 Å². The molecule has 1 N–H and O–H groups in total. The van der Waals surface area contributed by atoms with E-state index in [2.05, 4.69) is 12.0 Å². The lowest BCUT2D eigenvalue weighted by atomic mass is 10.0. The number of phenols is 1. The Bertz CT molecular complexity index is 406. The summed E-state index contributed by atoms with van der Waals surface area (Å²) in [6, 6.07) is 9.46. The van der Waals surface area contributed by atoms with Crippen molar-refractivity contribution in [3.63, 3.8) is 0 Å². The van der Waals surface area contributed by atoms with Crippen LogP contribution in [0.15, 0.2) is 42.7 Å². The van der Waals surface area contributed by atoms with E-state index in [9.17, 15) is 5.11 Å². The first-order valence-corrected chi connectivity index (χ1v) is 5.09. The van der Waals surface area contributed by atoms with E-state index in [1.54, 1.807) is 18.3 Å². The number of aromatic hydroxyl groups is 1. The van der Waals surface area contributed by atoms with Gasteiger partial charge in [0.1, 0.15) is 5.75 Å². The number of hydrogen-bond donors (Lipinski definition) is 1. The highest BCUT2D eigenvalue weighted by Gasteiger charge is 2.10. The van der Waals surface area contributed by atoms with Gasteiger partial charge in [0, 0.05) is 12.4 Å². The molecule has 1 unspecified atom stereocenters. The minimum atomic E-state index is 0.251. The molecule has 2 aromatic rings. The molecule has 0 saturated heterocycles. The van der Waals surface area contributed by atoms with Crippen molar-refractivity contribution in [2.24, 2.45) is 0 Å². The van der Waals surface area contributed by atoms with Gasteiger partial charge in [-0.25, -0.2) is 0 Å². The highest BCUT2D eigenvalue weighted by molar-refractivity contribution is 5.28. The maximum Gasteiger partial charge on any atom is 0.115 e. The average molecular weight is 202 g/mol. The van der Waals surface area contributed by atoms with E-state index >= 15 is 0 Å². The summed E-state index contributed by atoms with van der Waals surface area (Å²) in [4.78, 5) is 0. The number of benzene rings is 1. The van der Waals surface area contributed by atoms with Crippen molar-refractivity contribution >= 4 is 0 Å². The highest BCUT2D eigenvalue weighted by atomic mass is 16.3. The van der Waals surface area contributed by atoms with Gasteiger partial charge in [-0.3, -0.25) is 4.68 Å². The first kappa shape index (κ1) is 9.77. The molecule has 1 aromatic carbocycles. The van der Waals surface area contributed by atoms with Gasteiger partial charge in [0.05, 0.1) is 6.04 Å². The first-order chi connectivity index (χ1) is 7.31. The van der Waals surface area contributed by atoms with Gasteiger partial charge in [0.15, 0.2) is 0 Å². The minimum absolute atomic E-state index is 0.251. The molecule has 2 rings (SSSR count). The zero-order valence-electron chi connectivity index (χ0n) is 8.67. The Kier molecular flexibility index (Phi) is 2.72. The summed E-state index contributed by atoms with van der Waals surface area (Å²) in [7, 11) is 0. The van der Waals surface area contributed by atoms with Crippen LogP contribution in [0.25, 0.3) is 0 Å². The number of phenolic OH excluding ortho intramolecular Hbond substituents is 1. The maximum atomic E-state index is 9.22. The predicted molar refractivity (Wildman–Crippen MR) is 58.8 cm³/mol. The molecule has 15 heavy (non-hydrogen) atoms. The van der Waals surface area contributed by atoms with Crippen LogP contribution in [-0.4, -0.2) is 14.9 Å². The van der Waals surface area contributed by atoms with Gasteiger partial charge in [-0.05, 0) is 30.2 Å². The molecule has 3 heteroatoms. The lowest BCUT2D eigenvalue weighted by molar-refractivity contribution is 0.472. The molecule has 0 saturated carbocycles. The zero-order chi connectivity index (χ0) is 10.7. The second-order valence-corrected chi connectivity index (χ2v) is 3.50. The van der Waals surface area contributed by atoms with Crippen LogP contribution in [0.5, 0.6) is 5.75 Å². The molecule has 0 radical (unpaired) electrons. The maximum absolute atomic E-state index is 9.22. The van der Waals surface area contributed by atoms with Crippen LogP contribution in [0.2, 0.25) is 0 Å². The van der Waals surface area contributed by atoms with E-state index in [-0.39, 0.29) is 6.04 Å². The summed E-state index contributed by atoms with van der Waals surface area (Å²) in [5, 5.41) is 13.5. The van der Waals surface area contributed by atoms with Crippen molar-refractivity contribution in [1.82, 2.24) is 9.78 Å². The lowest BCUT2D eigenvalue weighted by Gasteiger charge is -2.15. The van der Waals surface area contributed by atoms with E-state index in [1.807, 2.05) is 29.1 Å². The highest BCUT2D eigenvalue weighted by Crippen LogP contribution is 2.22. The molecule has 78 valence electrons. The molecule has 1 aromatic heterocycles. The lowest BCUT2D eigenvalue weighted by Crippen LogP contribution is -2.09. The van der Waals surface area contributed by atoms with Crippen LogP contribution in [0, 0.1) is 0 Å². The third-order valence-electron chi connectivity index (χ3n) is 2.51. The Labute approximate surface area is 89.0 Å². The minimum Gasteiger partial charge on any atom is -0.508 e. The Balaban J connectivity index is 2.31. The summed E-state index contributed by atoms with van der Waals surface area (Å²) in [6.45, 7) is 2.12. The third-order valence-corrected chi connectivity index (χ3v) is 2.51. The number of hydrogen-bond acceptors (Lipinski definition) is 2. The van der Waals surface area contributed by atoms with Crippen LogP contribution in [0.3, 0.4) is 0 Å². The molecule has 0 aliphatic rings. The van der Waals surface area contributed by atoms with E-state index in [0.29, 0.717) is 5.75 Å². The summed E-state index contributed by atoms with van der Waals surface area (Å²) < 4.78 is 1.94. The van der Waals surface area contributed by atoms with Gasteiger partial charge in [-0.2, -0.15) is 5.10 Å². The second-order valence-electron chi connectivity index (χ2n) is 3.50. The van der Waals surface area contributed by atoms with E-state index < -0.39 is 0 Å². The predicted octanol–water partition coefficient (Wildman–Crippen LogP) is 2.59. The standard InChI is InChI=1S/C12H14N2O/c1-2-12(14-9-3-8-13-14)10-4-6-11(15)7-5-10/h3-9,12,15H,2H2,1H3. The van der Waals surface area contributed by atoms with Crippen LogP contribution in [-0.2, 0) is 0 Å². The molecule has 0 spiro atoms. The smallest absolute Gasteiger partial charge is 0.115 e. The van der Waals surface area contributed by atoms with Crippen molar-refractivity contribution < 1.29 is 5.11 Å². The zero-order valence-corrected chi connectivity index (χ0v) is 8.67. The third kappa shape index (κ3) is 2.01. The first-order valence-electron chi connectivity index (χ1n) is 5.09. The van der Waals surface area contributed by atoms with Crippen molar-refractivity contribution in [1.29, 1.82) is 0 Å². The summed E-state index contributed by atoms with van der Waals surface area (Å²) in [6.07, 6.45) is 4.72. The fraction of sp³-hybridized carbons (Fsp3) is 0.250. The van der Waals surface area contributed by atoms with Crippen molar-refractivity contribution in [3.8, 4) is 5.75 Å². The summed E-state index contributed by atoms with van der Waals surface area (Å²) in [5.74, 6) is 0.300. The average Bonchev–Trinajstić information content (AvgIpc) is 2.75. The monoisotopic (exact) mass is 202 g/mol. The molecule has 1 heterocycles. The van der Waals surface area contributed by atoms with E-state index in [4.69, 9.17) is 0 Å². The van der Waals surface area contributed by atoms with Crippen molar-refractivity contribution in [2.75, 3.05) is 0 Å². The topological polar surface area (TPSA) is 38.0 Å². The Morgan fingerprint density at radius 1 is 1.33 bits per heavy atom. The van der Waals surface area contributed by atoms with Gasteiger partial charge in [-0.15, -0.1) is 0 Å². The van der Waals surface area contributed by atoms with Crippen molar-refractivity contribution in [3.05, 3.63) is 48.3 Å². The fourth-order valence-electron chi connectivity index (χ4n) is 1.74. The quantitative estimate of drug-likeness (QED) is 0.830. The second kappa shape index (κ2) is 4.17. The fourth-order valence-corrected chi connectivity index (χ4v) is 1.74. The van der Waals surface area contributed by atoms with E-state index in [1.165, 1.54) is 5.56 Å². The van der Waals surface area contributed by atoms with Gasteiger partial charge in [0.25, 0.3) is 0 Å². The summed E-state index contributed by atoms with van der Waals surface area (Å²) >= 11 is 0. The molecular formula is C12H14N2O. The Morgan fingerprint density at radius 2 is 2.07 bits per heavy atom. The Hall–Kier alpha value is -1.77. The van der Waals surface area contributed by atoms with Gasteiger partial charge >= 0.3 is 0 Å². The molecule has 0 bridgehead atoms. The van der Waals surface area contributed by atoms with E-state index in [0.717, 1.165) is 6.42 Å². The Morgan fingerprint density at radius 3 is 2.60 bits per heavy atom.